The Balaban J connectivity index is 2.16. The van der Waals surface area contributed by atoms with Gasteiger partial charge in [-0.25, -0.2) is 0 Å². The van der Waals surface area contributed by atoms with Crippen molar-refractivity contribution < 1.29 is 4.74 Å². The number of likely N-dealkylation sites (N-methyl/N-ethyl adjacent to an activating group) is 1. The van der Waals surface area contributed by atoms with E-state index in [2.05, 4.69) is 44.5 Å². The predicted molar refractivity (Wildman–Crippen MR) is 87.2 cm³/mol. The molecule has 20 heavy (non-hydrogen) atoms. The van der Waals surface area contributed by atoms with Crippen LogP contribution >= 0.6 is 0 Å². The molecule has 1 aliphatic rings. The van der Waals surface area contributed by atoms with Crippen LogP contribution < -0.4 is 0 Å². The summed E-state index contributed by atoms with van der Waals surface area (Å²) in [6, 6.07) is 0. The lowest BCUT2D eigenvalue weighted by atomic mass is 10.0. The monoisotopic (exact) mass is 284 g/mol. The quantitative estimate of drug-likeness (QED) is 0.647. The van der Waals surface area contributed by atoms with E-state index >= 15 is 0 Å². The molecule has 1 rings (SSSR count). The first kappa shape index (κ1) is 17.9. The summed E-state index contributed by atoms with van der Waals surface area (Å²) in [5, 5.41) is 0. The summed E-state index contributed by atoms with van der Waals surface area (Å²) in [5.74, 6) is 1.58. The lowest BCUT2D eigenvalue weighted by molar-refractivity contribution is -0.0349. The molecular weight excluding hydrogens is 248 g/mol. The summed E-state index contributed by atoms with van der Waals surface area (Å²) in [6.45, 7) is 15.9. The summed E-state index contributed by atoms with van der Waals surface area (Å²) in [4.78, 5) is 5.04. The first-order valence-electron chi connectivity index (χ1n) is 8.50. The van der Waals surface area contributed by atoms with Crippen LogP contribution in [-0.4, -0.2) is 62.3 Å². The van der Waals surface area contributed by atoms with E-state index < -0.39 is 0 Å². The standard InChI is InChI=1S/C17H36N2O/c1-15(2)7-6-8-17-14-19(11-12-20-17)10-9-18(5)13-16(3)4/h15-17H,6-14H2,1-5H3/t17-/m1/s1. The number of ether oxygens (including phenoxy) is 1. The van der Waals surface area contributed by atoms with Crippen molar-refractivity contribution in [3.8, 4) is 0 Å². The number of nitrogens with zero attached hydrogens (tertiary/aromatic N) is 2. The number of morpholine rings is 1. The summed E-state index contributed by atoms with van der Waals surface area (Å²) < 4.78 is 5.91. The van der Waals surface area contributed by atoms with E-state index in [-0.39, 0.29) is 0 Å². The lowest BCUT2D eigenvalue weighted by Crippen LogP contribution is -2.45. The van der Waals surface area contributed by atoms with E-state index in [1.165, 1.54) is 38.9 Å². The predicted octanol–water partition coefficient (Wildman–Crippen LogP) is 3.10. The second kappa shape index (κ2) is 9.75. The molecule has 0 aromatic heterocycles. The van der Waals surface area contributed by atoms with Crippen molar-refractivity contribution in [2.75, 3.05) is 46.4 Å². The van der Waals surface area contributed by atoms with Gasteiger partial charge < -0.3 is 9.64 Å². The Kier molecular flexibility index (Phi) is 8.74. The summed E-state index contributed by atoms with van der Waals surface area (Å²) in [5.41, 5.74) is 0. The maximum Gasteiger partial charge on any atom is 0.0702 e. The van der Waals surface area contributed by atoms with Crippen LogP contribution in [0.3, 0.4) is 0 Å². The van der Waals surface area contributed by atoms with Crippen LogP contribution in [0.15, 0.2) is 0 Å². The zero-order chi connectivity index (χ0) is 15.0. The summed E-state index contributed by atoms with van der Waals surface area (Å²) in [7, 11) is 2.24. The van der Waals surface area contributed by atoms with Gasteiger partial charge in [-0.05, 0) is 25.3 Å². The van der Waals surface area contributed by atoms with Gasteiger partial charge >= 0.3 is 0 Å². The van der Waals surface area contributed by atoms with E-state index in [9.17, 15) is 0 Å². The highest BCUT2D eigenvalue weighted by Crippen LogP contribution is 2.14. The Morgan fingerprint density at radius 3 is 2.60 bits per heavy atom. The molecule has 120 valence electrons. The third kappa shape index (κ3) is 8.23. The van der Waals surface area contributed by atoms with Gasteiger partial charge in [-0.3, -0.25) is 4.90 Å². The van der Waals surface area contributed by atoms with Crippen LogP contribution in [0.2, 0.25) is 0 Å². The van der Waals surface area contributed by atoms with E-state index in [0.29, 0.717) is 6.10 Å². The highest BCUT2D eigenvalue weighted by Gasteiger charge is 2.20. The van der Waals surface area contributed by atoms with Crippen LogP contribution in [0.5, 0.6) is 0 Å². The molecule has 1 atom stereocenters. The molecule has 1 saturated heterocycles. The molecular formula is C17H36N2O. The number of hydrogen-bond acceptors (Lipinski definition) is 3. The van der Waals surface area contributed by atoms with Crippen LogP contribution in [-0.2, 0) is 4.74 Å². The molecule has 1 aliphatic heterocycles. The van der Waals surface area contributed by atoms with Gasteiger partial charge in [0.25, 0.3) is 0 Å². The largest absolute Gasteiger partial charge is 0.376 e. The fraction of sp³-hybridized carbons (Fsp3) is 1.00. The van der Waals surface area contributed by atoms with Crippen molar-refractivity contribution in [3.63, 3.8) is 0 Å². The van der Waals surface area contributed by atoms with Crippen molar-refractivity contribution in [1.82, 2.24) is 9.80 Å². The molecule has 0 aromatic carbocycles. The Morgan fingerprint density at radius 1 is 1.20 bits per heavy atom. The number of rotatable bonds is 9. The Labute approximate surface area is 126 Å². The van der Waals surface area contributed by atoms with Gasteiger partial charge in [-0.2, -0.15) is 0 Å². The van der Waals surface area contributed by atoms with E-state index in [1.807, 2.05) is 0 Å². The van der Waals surface area contributed by atoms with Crippen molar-refractivity contribution in [2.45, 2.75) is 53.1 Å². The molecule has 0 radical (unpaired) electrons. The van der Waals surface area contributed by atoms with Crippen LogP contribution in [0.25, 0.3) is 0 Å². The summed E-state index contributed by atoms with van der Waals surface area (Å²) in [6.07, 6.45) is 4.34. The average molecular weight is 284 g/mol. The number of hydrogen-bond donors (Lipinski definition) is 0. The molecule has 3 heteroatoms. The molecule has 0 amide bonds. The van der Waals surface area contributed by atoms with Gasteiger partial charge in [-0.15, -0.1) is 0 Å². The second-order valence-electron chi connectivity index (χ2n) is 7.27. The molecule has 0 aliphatic carbocycles. The fourth-order valence-corrected chi connectivity index (χ4v) is 2.94. The molecule has 0 spiro atoms. The normalized spacial score (nSPS) is 21.3. The van der Waals surface area contributed by atoms with Crippen molar-refractivity contribution in [2.24, 2.45) is 11.8 Å². The Bertz CT molecular complexity index is 243. The van der Waals surface area contributed by atoms with Crippen molar-refractivity contribution in [3.05, 3.63) is 0 Å². The molecule has 1 fully saturated rings. The van der Waals surface area contributed by atoms with Gasteiger partial charge in [-0.1, -0.05) is 40.5 Å². The highest BCUT2D eigenvalue weighted by molar-refractivity contribution is 4.73. The van der Waals surface area contributed by atoms with E-state index in [1.54, 1.807) is 0 Å². The smallest absolute Gasteiger partial charge is 0.0702 e. The maximum atomic E-state index is 5.91. The van der Waals surface area contributed by atoms with E-state index in [4.69, 9.17) is 4.74 Å². The van der Waals surface area contributed by atoms with Crippen molar-refractivity contribution >= 4 is 0 Å². The fourth-order valence-electron chi connectivity index (χ4n) is 2.94. The highest BCUT2D eigenvalue weighted by atomic mass is 16.5. The Hall–Kier alpha value is -0.120. The Morgan fingerprint density at radius 2 is 1.95 bits per heavy atom. The minimum atomic E-state index is 0.470. The van der Waals surface area contributed by atoms with Gasteiger partial charge in [0.1, 0.15) is 0 Å². The third-order valence-electron chi connectivity index (χ3n) is 4.01. The zero-order valence-corrected chi connectivity index (χ0v) is 14.4. The molecule has 0 N–H and O–H groups in total. The molecule has 0 aromatic rings. The summed E-state index contributed by atoms with van der Waals surface area (Å²) >= 11 is 0. The van der Waals surface area contributed by atoms with Gasteiger partial charge in [0.15, 0.2) is 0 Å². The first-order valence-corrected chi connectivity index (χ1v) is 8.50. The minimum Gasteiger partial charge on any atom is -0.376 e. The van der Waals surface area contributed by atoms with Crippen LogP contribution in [0.4, 0.5) is 0 Å². The molecule has 0 unspecified atom stereocenters. The second-order valence-corrected chi connectivity index (χ2v) is 7.27. The van der Waals surface area contributed by atoms with E-state index in [0.717, 1.165) is 31.5 Å². The van der Waals surface area contributed by atoms with Crippen molar-refractivity contribution in [1.29, 1.82) is 0 Å². The van der Waals surface area contributed by atoms with Crippen LogP contribution in [0, 0.1) is 11.8 Å². The van der Waals surface area contributed by atoms with Gasteiger partial charge in [0.2, 0.25) is 0 Å². The SMILES string of the molecule is CC(C)CCC[C@@H]1CN(CCN(C)CC(C)C)CCO1. The van der Waals surface area contributed by atoms with Crippen LogP contribution in [0.1, 0.15) is 47.0 Å². The molecule has 0 bridgehead atoms. The zero-order valence-electron chi connectivity index (χ0n) is 14.4. The van der Waals surface area contributed by atoms with Gasteiger partial charge in [0, 0.05) is 32.7 Å². The third-order valence-corrected chi connectivity index (χ3v) is 4.01. The molecule has 3 nitrogen and oxygen atoms in total. The maximum absolute atomic E-state index is 5.91. The van der Waals surface area contributed by atoms with Gasteiger partial charge in [0.05, 0.1) is 12.7 Å². The average Bonchev–Trinajstić information content (AvgIpc) is 2.36. The lowest BCUT2D eigenvalue weighted by Gasteiger charge is -2.34. The first-order chi connectivity index (χ1) is 9.47. The minimum absolute atomic E-state index is 0.470. The molecule has 1 heterocycles. The molecule has 0 saturated carbocycles. The topological polar surface area (TPSA) is 15.7 Å².